The first-order chi connectivity index (χ1) is 14.0. The quantitative estimate of drug-likeness (QED) is 0.631. The number of carbonyl (C=O) groups excluding carboxylic acids is 2. The molecule has 6 nitrogen and oxygen atoms in total. The van der Waals surface area contributed by atoms with Gasteiger partial charge in [0.05, 0.1) is 0 Å². The standard InChI is InChI=1S/C21H15F2N3O3/c22-21(23)16-9-5-4-8-13(16)19(27)26(20(21)28)11-17-24-18(25-29-17)15-10-14(15)12-6-2-1-3-7-12/h1-9,14-15H,10-11H2/t14-,15+/m0/s1. The summed E-state index contributed by atoms with van der Waals surface area (Å²) in [6.07, 6.45) is 0.857. The Labute approximate surface area is 164 Å². The predicted octanol–water partition coefficient (Wildman–Crippen LogP) is 3.62. The molecule has 2 aliphatic rings. The highest BCUT2D eigenvalue weighted by molar-refractivity contribution is 6.11. The smallest absolute Gasteiger partial charge is 0.337 e. The maximum absolute atomic E-state index is 14.5. The fraction of sp³-hybridized carbons (Fsp3) is 0.238. The van der Waals surface area contributed by atoms with E-state index in [-0.39, 0.29) is 23.3 Å². The third-order valence-corrected chi connectivity index (χ3v) is 5.38. The highest BCUT2D eigenvalue weighted by Crippen LogP contribution is 2.53. The van der Waals surface area contributed by atoms with E-state index in [1.165, 1.54) is 23.8 Å². The number of rotatable bonds is 4. The Kier molecular flexibility index (Phi) is 3.84. The molecule has 0 saturated heterocycles. The number of halogens is 2. The Bertz CT molecular complexity index is 1110. The zero-order valence-corrected chi connectivity index (χ0v) is 15.1. The maximum atomic E-state index is 14.5. The average molecular weight is 395 g/mol. The van der Waals surface area contributed by atoms with Crippen molar-refractivity contribution in [3.8, 4) is 0 Å². The van der Waals surface area contributed by atoms with E-state index in [0.29, 0.717) is 10.7 Å². The van der Waals surface area contributed by atoms with Gasteiger partial charge in [0.1, 0.15) is 6.54 Å². The molecule has 1 aliphatic heterocycles. The van der Waals surface area contributed by atoms with Gasteiger partial charge in [-0.2, -0.15) is 13.8 Å². The number of nitrogens with zero attached hydrogens (tertiary/aromatic N) is 3. The van der Waals surface area contributed by atoms with Crippen molar-refractivity contribution in [1.29, 1.82) is 0 Å². The summed E-state index contributed by atoms with van der Waals surface area (Å²) in [6.45, 7) is -0.489. The molecule has 2 aromatic carbocycles. The van der Waals surface area contributed by atoms with E-state index >= 15 is 0 Å². The lowest BCUT2D eigenvalue weighted by Gasteiger charge is -2.31. The van der Waals surface area contributed by atoms with Crippen molar-refractivity contribution in [1.82, 2.24) is 15.0 Å². The lowest BCUT2D eigenvalue weighted by Crippen LogP contribution is -2.50. The molecule has 8 heteroatoms. The van der Waals surface area contributed by atoms with E-state index < -0.39 is 29.8 Å². The van der Waals surface area contributed by atoms with E-state index in [2.05, 4.69) is 10.1 Å². The molecule has 0 unspecified atom stereocenters. The predicted molar refractivity (Wildman–Crippen MR) is 96.1 cm³/mol. The lowest BCUT2D eigenvalue weighted by atomic mass is 9.95. The monoisotopic (exact) mass is 395 g/mol. The number of benzene rings is 2. The second-order valence-electron chi connectivity index (χ2n) is 7.22. The topological polar surface area (TPSA) is 76.3 Å². The van der Waals surface area contributed by atoms with Crippen LogP contribution in [0.1, 0.15) is 51.5 Å². The van der Waals surface area contributed by atoms with Gasteiger partial charge >= 0.3 is 11.8 Å². The molecular weight excluding hydrogens is 380 g/mol. The van der Waals surface area contributed by atoms with Crippen LogP contribution in [0.3, 0.4) is 0 Å². The van der Waals surface area contributed by atoms with Crippen molar-refractivity contribution in [2.75, 3.05) is 0 Å². The Balaban J connectivity index is 1.37. The Hall–Kier alpha value is -3.42. The van der Waals surface area contributed by atoms with Crippen LogP contribution in [0.5, 0.6) is 0 Å². The summed E-state index contributed by atoms with van der Waals surface area (Å²) >= 11 is 0. The van der Waals surface area contributed by atoms with Crippen LogP contribution in [-0.4, -0.2) is 26.9 Å². The van der Waals surface area contributed by atoms with Gasteiger partial charge in [0.2, 0.25) is 5.89 Å². The first-order valence-corrected chi connectivity index (χ1v) is 9.18. The van der Waals surface area contributed by atoms with E-state index in [0.717, 1.165) is 12.5 Å². The van der Waals surface area contributed by atoms with Gasteiger partial charge in [-0.3, -0.25) is 14.5 Å². The number of imide groups is 1. The van der Waals surface area contributed by atoms with Crippen LogP contribution in [0, 0.1) is 0 Å². The molecule has 2 heterocycles. The van der Waals surface area contributed by atoms with Crippen molar-refractivity contribution in [2.24, 2.45) is 0 Å². The molecule has 29 heavy (non-hydrogen) atoms. The normalized spacial score (nSPS) is 22.5. The summed E-state index contributed by atoms with van der Waals surface area (Å²) in [6, 6.07) is 15.1. The average Bonchev–Trinajstić information content (AvgIpc) is 3.41. The first-order valence-electron chi connectivity index (χ1n) is 9.18. The summed E-state index contributed by atoms with van der Waals surface area (Å²) < 4.78 is 34.1. The Morgan fingerprint density at radius 1 is 1.03 bits per heavy atom. The van der Waals surface area contributed by atoms with Crippen molar-refractivity contribution >= 4 is 11.8 Å². The van der Waals surface area contributed by atoms with Gasteiger partial charge in [-0.05, 0) is 24.0 Å². The number of amides is 2. The molecule has 146 valence electrons. The van der Waals surface area contributed by atoms with Crippen LogP contribution in [0.2, 0.25) is 0 Å². The van der Waals surface area contributed by atoms with Gasteiger partial charge in [0, 0.05) is 17.0 Å². The summed E-state index contributed by atoms with van der Waals surface area (Å²) in [5.74, 6) is -5.42. The molecule has 0 bridgehead atoms. The first kappa shape index (κ1) is 17.7. The molecule has 1 aliphatic carbocycles. The molecule has 1 saturated carbocycles. The van der Waals surface area contributed by atoms with Gasteiger partial charge in [-0.1, -0.05) is 53.7 Å². The Morgan fingerprint density at radius 3 is 2.55 bits per heavy atom. The van der Waals surface area contributed by atoms with Crippen molar-refractivity contribution in [2.45, 2.75) is 30.7 Å². The third-order valence-electron chi connectivity index (χ3n) is 5.38. The summed E-state index contributed by atoms with van der Waals surface area (Å²) in [7, 11) is 0. The number of hydrogen-bond acceptors (Lipinski definition) is 5. The molecule has 5 rings (SSSR count). The van der Waals surface area contributed by atoms with Crippen LogP contribution >= 0.6 is 0 Å². The Morgan fingerprint density at radius 2 is 1.76 bits per heavy atom. The highest BCUT2D eigenvalue weighted by Gasteiger charge is 2.52. The van der Waals surface area contributed by atoms with E-state index in [9.17, 15) is 18.4 Å². The number of fused-ring (bicyclic) bond motifs is 1. The molecule has 0 N–H and O–H groups in total. The van der Waals surface area contributed by atoms with Crippen molar-refractivity contribution in [3.05, 3.63) is 83.0 Å². The fourth-order valence-corrected chi connectivity index (χ4v) is 3.78. The molecule has 3 aromatic rings. The lowest BCUT2D eigenvalue weighted by molar-refractivity contribution is -0.158. The molecule has 2 atom stereocenters. The SMILES string of the molecule is O=C1c2ccccc2C(F)(F)C(=O)N1Cc1nc([C@@H]2C[C@H]2c2ccccc2)no1. The van der Waals surface area contributed by atoms with Gasteiger partial charge in [-0.25, -0.2) is 0 Å². The summed E-state index contributed by atoms with van der Waals surface area (Å²) in [5.41, 5.74) is 0.380. The number of aromatic nitrogens is 2. The van der Waals surface area contributed by atoms with Gasteiger partial charge < -0.3 is 4.52 Å². The zero-order valence-electron chi connectivity index (χ0n) is 15.1. The van der Waals surface area contributed by atoms with Crippen LogP contribution < -0.4 is 0 Å². The van der Waals surface area contributed by atoms with Crippen LogP contribution in [0.15, 0.2) is 59.1 Å². The molecule has 1 aromatic heterocycles. The molecule has 0 spiro atoms. The van der Waals surface area contributed by atoms with Crippen molar-refractivity contribution in [3.63, 3.8) is 0 Å². The van der Waals surface area contributed by atoms with Gasteiger partial charge in [0.15, 0.2) is 5.82 Å². The van der Waals surface area contributed by atoms with Gasteiger partial charge in [0.25, 0.3) is 5.91 Å². The largest absolute Gasteiger partial charge is 0.351 e. The second kappa shape index (κ2) is 6.30. The molecule has 1 fully saturated rings. The minimum absolute atomic E-state index is 0.0457. The van der Waals surface area contributed by atoms with Crippen LogP contribution in [0.25, 0.3) is 0 Å². The van der Waals surface area contributed by atoms with E-state index in [4.69, 9.17) is 4.52 Å². The van der Waals surface area contributed by atoms with E-state index in [1.54, 1.807) is 0 Å². The number of alkyl halides is 2. The van der Waals surface area contributed by atoms with Crippen LogP contribution in [-0.2, 0) is 17.3 Å². The molecular formula is C21H15F2N3O3. The van der Waals surface area contributed by atoms with Crippen LogP contribution in [0.4, 0.5) is 8.78 Å². The summed E-state index contributed by atoms with van der Waals surface area (Å²) in [5, 5.41) is 3.93. The fourth-order valence-electron chi connectivity index (χ4n) is 3.78. The highest BCUT2D eigenvalue weighted by atomic mass is 19.3. The molecule has 2 amide bonds. The third kappa shape index (κ3) is 2.83. The number of hydrogen-bond donors (Lipinski definition) is 0. The minimum Gasteiger partial charge on any atom is -0.337 e. The zero-order chi connectivity index (χ0) is 20.2. The van der Waals surface area contributed by atoms with E-state index in [1.807, 2.05) is 30.3 Å². The van der Waals surface area contributed by atoms with Crippen molar-refractivity contribution < 1.29 is 22.9 Å². The minimum atomic E-state index is -3.79. The summed E-state index contributed by atoms with van der Waals surface area (Å²) in [4.78, 5) is 29.6. The second-order valence-corrected chi connectivity index (χ2v) is 7.22. The maximum Gasteiger partial charge on any atom is 0.351 e. The molecule has 0 radical (unpaired) electrons. The van der Waals surface area contributed by atoms with Gasteiger partial charge in [-0.15, -0.1) is 0 Å². The number of carbonyl (C=O) groups is 2.